The van der Waals surface area contributed by atoms with Crippen molar-refractivity contribution in [2.75, 3.05) is 12.9 Å². The molecule has 5 nitrogen and oxygen atoms in total. The van der Waals surface area contributed by atoms with Gasteiger partial charge in [0, 0.05) is 10.6 Å². The number of aryl methyl sites for hydroxylation is 2. The van der Waals surface area contributed by atoms with E-state index in [4.69, 9.17) is 16.3 Å². The molecule has 1 aliphatic rings. The predicted molar refractivity (Wildman–Crippen MR) is 112 cm³/mol. The Morgan fingerprint density at radius 3 is 2.82 bits per heavy atom. The monoisotopic (exact) mass is 413 g/mol. The Balaban J connectivity index is 1.45. The van der Waals surface area contributed by atoms with Gasteiger partial charge in [0.2, 0.25) is 5.16 Å². The second-order valence-corrected chi connectivity index (χ2v) is 8.09. The first-order chi connectivity index (χ1) is 13.6. The Bertz CT molecular complexity index is 1020. The zero-order valence-corrected chi connectivity index (χ0v) is 17.1. The van der Waals surface area contributed by atoms with E-state index in [9.17, 15) is 4.79 Å². The third kappa shape index (κ3) is 4.08. The Hall–Kier alpha value is -2.31. The summed E-state index contributed by atoms with van der Waals surface area (Å²) in [6, 6.07) is 11.4. The van der Waals surface area contributed by atoms with E-state index in [1.54, 1.807) is 25.3 Å². The van der Waals surface area contributed by atoms with Crippen molar-refractivity contribution < 1.29 is 9.53 Å². The lowest BCUT2D eigenvalue weighted by atomic mass is 9.90. The summed E-state index contributed by atoms with van der Waals surface area (Å²) in [7, 11) is 1.59. The molecule has 0 saturated heterocycles. The van der Waals surface area contributed by atoms with Gasteiger partial charge in [-0.2, -0.15) is 0 Å². The highest BCUT2D eigenvalue weighted by molar-refractivity contribution is 7.99. The fourth-order valence-electron chi connectivity index (χ4n) is 3.42. The van der Waals surface area contributed by atoms with Crippen LogP contribution in [0.25, 0.3) is 11.4 Å². The third-order valence-corrected chi connectivity index (χ3v) is 5.97. The molecule has 0 bridgehead atoms. The fourth-order valence-corrected chi connectivity index (χ4v) is 4.28. The number of aromatic amines is 1. The number of hydrogen-bond donors (Lipinski definition) is 1. The van der Waals surface area contributed by atoms with Crippen LogP contribution < -0.4 is 4.74 Å². The number of methoxy groups -OCH3 is 1. The molecule has 144 valence electrons. The highest BCUT2D eigenvalue weighted by Crippen LogP contribution is 2.31. The molecular weight excluding hydrogens is 394 g/mol. The number of carbonyl (C=O) groups excluding carboxylic acids is 1. The van der Waals surface area contributed by atoms with Crippen LogP contribution in [0, 0.1) is 0 Å². The van der Waals surface area contributed by atoms with Crippen molar-refractivity contribution in [3.05, 3.63) is 58.1 Å². The molecule has 0 atom stereocenters. The smallest absolute Gasteiger partial charge is 0.209 e. The van der Waals surface area contributed by atoms with Crippen LogP contribution >= 0.6 is 23.4 Å². The molecular formula is C21H20ClN3O2S. The Kier molecular flexibility index (Phi) is 5.69. The lowest BCUT2D eigenvalue weighted by Crippen LogP contribution is -2.07. The van der Waals surface area contributed by atoms with E-state index >= 15 is 0 Å². The fraction of sp³-hybridized carbons (Fsp3) is 0.286. The lowest BCUT2D eigenvalue weighted by Gasteiger charge is -2.16. The van der Waals surface area contributed by atoms with Gasteiger partial charge < -0.3 is 4.74 Å². The first kappa shape index (κ1) is 19.0. The molecule has 0 spiro atoms. The molecule has 1 aromatic heterocycles. The highest BCUT2D eigenvalue weighted by Gasteiger charge is 2.16. The van der Waals surface area contributed by atoms with Gasteiger partial charge in [-0.15, -0.1) is 5.10 Å². The van der Waals surface area contributed by atoms with Crippen LogP contribution in [0.5, 0.6) is 5.75 Å². The van der Waals surface area contributed by atoms with Crippen molar-refractivity contribution in [2.45, 2.75) is 30.8 Å². The number of fused-ring (bicyclic) bond motifs is 1. The number of nitrogens with zero attached hydrogens (tertiary/aromatic N) is 2. The van der Waals surface area contributed by atoms with Gasteiger partial charge in [-0.25, -0.2) is 4.98 Å². The van der Waals surface area contributed by atoms with Crippen molar-refractivity contribution in [3.8, 4) is 17.1 Å². The molecule has 28 heavy (non-hydrogen) atoms. The normalized spacial score (nSPS) is 13.2. The minimum Gasteiger partial charge on any atom is -0.496 e. The molecule has 0 aliphatic heterocycles. The third-order valence-electron chi connectivity index (χ3n) is 4.88. The van der Waals surface area contributed by atoms with Crippen molar-refractivity contribution in [2.24, 2.45) is 0 Å². The van der Waals surface area contributed by atoms with Gasteiger partial charge >= 0.3 is 0 Å². The van der Waals surface area contributed by atoms with E-state index in [1.807, 2.05) is 6.07 Å². The minimum absolute atomic E-state index is 0.0880. The van der Waals surface area contributed by atoms with Crippen LogP contribution in [0.4, 0.5) is 0 Å². The number of carbonyl (C=O) groups is 1. The number of thioether (sulfide) groups is 1. The minimum atomic E-state index is 0.0880. The number of Topliss-reactive ketones (excluding diaryl/α,β-unsaturated/α-hetero) is 1. The molecule has 2 aromatic carbocycles. The summed E-state index contributed by atoms with van der Waals surface area (Å²) in [6.45, 7) is 0. The molecule has 0 fully saturated rings. The van der Waals surface area contributed by atoms with Crippen LogP contribution in [-0.4, -0.2) is 33.8 Å². The number of halogens is 1. The predicted octanol–water partition coefficient (Wildman–Crippen LogP) is 4.99. The van der Waals surface area contributed by atoms with E-state index in [-0.39, 0.29) is 5.78 Å². The second-order valence-electron chi connectivity index (χ2n) is 6.71. The van der Waals surface area contributed by atoms with Gasteiger partial charge in [0.05, 0.1) is 18.4 Å². The van der Waals surface area contributed by atoms with E-state index in [0.717, 1.165) is 24.0 Å². The van der Waals surface area contributed by atoms with Gasteiger partial charge in [0.1, 0.15) is 5.75 Å². The lowest BCUT2D eigenvalue weighted by molar-refractivity contribution is 0.102. The molecule has 0 saturated carbocycles. The summed E-state index contributed by atoms with van der Waals surface area (Å²) >= 11 is 7.40. The van der Waals surface area contributed by atoms with Crippen LogP contribution in [0.15, 0.2) is 41.6 Å². The summed E-state index contributed by atoms with van der Waals surface area (Å²) in [6.07, 6.45) is 4.62. The molecule has 4 rings (SSSR count). The van der Waals surface area contributed by atoms with Crippen molar-refractivity contribution >= 4 is 29.1 Å². The maximum Gasteiger partial charge on any atom is 0.209 e. The molecule has 1 aliphatic carbocycles. The molecule has 1 N–H and O–H groups in total. The number of ether oxygens (including phenoxy) is 1. The summed E-state index contributed by atoms with van der Waals surface area (Å²) < 4.78 is 5.36. The van der Waals surface area contributed by atoms with Crippen LogP contribution in [0.3, 0.4) is 0 Å². The number of hydrogen-bond acceptors (Lipinski definition) is 5. The Labute approximate surface area is 172 Å². The Morgan fingerprint density at radius 2 is 2.00 bits per heavy atom. The molecule has 3 aromatic rings. The van der Waals surface area contributed by atoms with Crippen molar-refractivity contribution in [1.82, 2.24) is 15.2 Å². The largest absolute Gasteiger partial charge is 0.496 e. The number of benzene rings is 2. The number of aromatic nitrogens is 3. The zero-order valence-electron chi connectivity index (χ0n) is 15.5. The maximum atomic E-state index is 12.6. The van der Waals surface area contributed by atoms with E-state index in [1.165, 1.54) is 35.7 Å². The standard InChI is InChI=1S/C21H20ClN3O2S/c1-27-19-9-8-16(22)11-17(19)20-23-21(25-24-20)28-12-18(26)15-7-6-13-4-2-3-5-14(13)10-15/h6-11H,2-5,12H2,1H3,(H,23,24,25). The molecule has 1 heterocycles. The van der Waals surface area contributed by atoms with Crippen LogP contribution in [0.2, 0.25) is 5.02 Å². The van der Waals surface area contributed by atoms with Gasteiger partial charge in [0.15, 0.2) is 11.6 Å². The first-order valence-corrected chi connectivity index (χ1v) is 10.5. The maximum absolute atomic E-state index is 12.6. The number of nitrogens with one attached hydrogen (secondary N) is 1. The summed E-state index contributed by atoms with van der Waals surface area (Å²) in [4.78, 5) is 17.1. The number of ketones is 1. The topological polar surface area (TPSA) is 67.9 Å². The molecule has 0 unspecified atom stereocenters. The number of H-pyrrole nitrogens is 1. The quantitative estimate of drug-likeness (QED) is 0.455. The van der Waals surface area contributed by atoms with Crippen LogP contribution in [-0.2, 0) is 12.8 Å². The second kappa shape index (κ2) is 8.37. The highest BCUT2D eigenvalue weighted by atomic mass is 35.5. The molecule has 0 radical (unpaired) electrons. The van der Waals surface area contributed by atoms with Crippen molar-refractivity contribution in [3.63, 3.8) is 0 Å². The molecule has 7 heteroatoms. The van der Waals surface area contributed by atoms with Gasteiger partial charge in [-0.05, 0) is 61.1 Å². The Morgan fingerprint density at radius 1 is 1.18 bits per heavy atom. The van der Waals surface area contributed by atoms with Gasteiger partial charge in [-0.3, -0.25) is 9.89 Å². The summed E-state index contributed by atoms with van der Waals surface area (Å²) in [5.41, 5.74) is 4.19. The summed E-state index contributed by atoms with van der Waals surface area (Å²) in [5.74, 6) is 1.60. The molecule has 0 amide bonds. The number of rotatable bonds is 6. The average Bonchev–Trinajstić information content (AvgIpc) is 3.20. The zero-order chi connectivity index (χ0) is 19.5. The first-order valence-electron chi connectivity index (χ1n) is 9.18. The van der Waals surface area contributed by atoms with E-state index in [2.05, 4.69) is 27.3 Å². The summed E-state index contributed by atoms with van der Waals surface area (Å²) in [5, 5.41) is 8.21. The van der Waals surface area contributed by atoms with E-state index in [0.29, 0.717) is 27.5 Å². The van der Waals surface area contributed by atoms with Crippen LogP contribution in [0.1, 0.15) is 34.3 Å². The van der Waals surface area contributed by atoms with Gasteiger partial charge in [0.25, 0.3) is 0 Å². The SMILES string of the molecule is COc1ccc(Cl)cc1-c1nc(SCC(=O)c2ccc3c(c2)CCCC3)n[nH]1. The van der Waals surface area contributed by atoms with Crippen molar-refractivity contribution in [1.29, 1.82) is 0 Å². The van der Waals surface area contributed by atoms with E-state index < -0.39 is 0 Å². The average molecular weight is 414 g/mol. The van der Waals surface area contributed by atoms with Gasteiger partial charge in [-0.1, -0.05) is 35.5 Å².